The molecule has 0 aliphatic heterocycles. The zero-order valence-electron chi connectivity index (χ0n) is 12.7. The standard InChI is InChI=1S/C16H26N2O2/c1-4-16(5-2,12-19)11-17-10-15(20)18-14-9-7-6-8-13(14)3/h6-9,17,19H,4-5,10-12H2,1-3H3,(H,18,20). The molecule has 112 valence electrons. The smallest absolute Gasteiger partial charge is 0.238 e. The number of rotatable bonds is 8. The molecule has 1 rings (SSSR count). The van der Waals surface area contributed by atoms with Crippen molar-refractivity contribution in [1.29, 1.82) is 0 Å². The van der Waals surface area contributed by atoms with E-state index in [1.807, 2.05) is 31.2 Å². The number of amides is 1. The van der Waals surface area contributed by atoms with Crippen molar-refractivity contribution >= 4 is 11.6 Å². The molecule has 1 aromatic carbocycles. The largest absolute Gasteiger partial charge is 0.396 e. The van der Waals surface area contributed by atoms with Gasteiger partial charge in [0.05, 0.1) is 6.54 Å². The molecule has 0 spiro atoms. The van der Waals surface area contributed by atoms with Crippen molar-refractivity contribution in [1.82, 2.24) is 5.32 Å². The highest BCUT2D eigenvalue weighted by Gasteiger charge is 2.24. The van der Waals surface area contributed by atoms with Crippen LogP contribution >= 0.6 is 0 Å². The summed E-state index contributed by atoms with van der Waals surface area (Å²) in [6.07, 6.45) is 1.79. The number of nitrogens with one attached hydrogen (secondary N) is 2. The molecule has 0 saturated carbocycles. The van der Waals surface area contributed by atoms with Crippen LogP contribution in [0.5, 0.6) is 0 Å². The van der Waals surface area contributed by atoms with Crippen LogP contribution in [0, 0.1) is 12.3 Å². The van der Waals surface area contributed by atoms with Crippen molar-refractivity contribution in [2.24, 2.45) is 5.41 Å². The van der Waals surface area contributed by atoms with Crippen LogP contribution in [0.15, 0.2) is 24.3 Å². The number of hydrogen-bond acceptors (Lipinski definition) is 3. The minimum atomic E-state index is -0.122. The molecule has 4 heteroatoms. The van der Waals surface area contributed by atoms with E-state index in [1.165, 1.54) is 0 Å². The van der Waals surface area contributed by atoms with Gasteiger partial charge in [-0.25, -0.2) is 0 Å². The Balaban J connectivity index is 2.43. The number of benzene rings is 1. The third-order valence-electron chi connectivity index (χ3n) is 4.04. The van der Waals surface area contributed by atoms with E-state index in [9.17, 15) is 9.90 Å². The molecule has 0 aliphatic carbocycles. The normalized spacial score (nSPS) is 11.4. The molecular formula is C16H26N2O2. The highest BCUT2D eigenvalue weighted by atomic mass is 16.3. The molecule has 0 bridgehead atoms. The molecule has 0 unspecified atom stereocenters. The number of aryl methyl sites for hydroxylation is 1. The van der Waals surface area contributed by atoms with Gasteiger partial charge < -0.3 is 15.7 Å². The van der Waals surface area contributed by atoms with Crippen molar-refractivity contribution in [3.8, 4) is 0 Å². The highest BCUT2D eigenvalue weighted by molar-refractivity contribution is 5.92. The molecule has 0 aromatic heterocycles. The van der Waals surface area contributed by atoms with Gasteiger partial charge in [-0.1, -0.05) is 32.0 Å². The Morgan fingerprint density at radius 2 is 1.90 bits per heavy atom. The molecule has 0 aliphatic rings. The molecule has 20 heavy (non-hydrogen) atoms. The molecule has 0 atom stereocenters. The van der Waals surface area contributed by atoms with E-state index in [0.29, 0.717) is 6.54 Å². The van der Waals surface area contributed by atoms with Crippen LogP contribution in [0.1, 0.15) is 32.3 Å². The van der Waals surface area contributed by atoms with Crippen LogP contribution in [0.3, 0.4) is 0 Å². The van der Waals surface area contributed by atoms with Crippen LogP contribution in [0.4, 0.5) is 5.69 Å². The van der Waals surface area contributed by atoms with Gasteiger partial charge in [0.2, 0.25) is 5.91 Å². The number of carbonyl (C=O) groups excluding carboxylic acids is 1. The summed E-state index contributed by atoms with van der Waals surface area (Å²) in [7, 11) is 0. The lowest BCUT2D eigenvalue weighted by Crippen LogP contribution is -2.39. The van der Waals surface area contributed by atoms with Gasteiger partial charge in [0.15, 0.2) is 0 Å². The van der Waals surface area contributed by atoms with Crippen LogP contribution in [0.2, 0.25) is 0 Å². The van der Waals surface area contributed by atoms with Gasteiger partial charge in [0.25, 0.3) is 0 Å². The summed E-state index contributed by atoms with van der Waals surface area (Å²) in [5, 5.41) is 15.5. The second kappa shape index (κ2) is 8.02. The Bertz CT molecular complexity index is 420. The number of para-hydroxylation sites is 1. The first-order chi connectivity index (χ1) is 9.56. The quantitative estimate of drug-likeness (QED) is 0.684. The van der Waals surface area contributed by atoms with Crippen LogP contribution in [-0.2, 0) is 4.79 Å². The van der Waals surface area contributed by atoms with E-state index in [0.717, 1.165) is 24.1 Å². The summed E-state index contributed by atoms with van der Waals surface area (Å²) >= 11 is 0. The second-order valence-corrected chi connectivity index (χ2v) is 5.33. The summed E-state index contributed by atoms with van der Waals surface area (Å²) < 4.78 is 0. The van der Waals surface area contributed by atoms with Crippen LogP contribution < -0.4 is 10.6 Å². The molecule has 0 saturated heterocycles. The monoisotopic (exact) mass is 278 g/mol. The zero-order chi connectivity index (χ0) is 15.0. The Morgan fingerprint density at radius 1 is 1.25 bits per heavy atom. The maximum absolute atomic E-state index is 11.9. The third-order valence-corrected chi connectivity index (χ3v) is 4.04. The molecule has 3 N–H and O–H groups in total. The minimum absolute atomic E-state index is 0.0571. The first kappa shape index (κ1) is 16.7. The van der Waals surface area contributed by atoms with E-state index >= 15 is 0 Å². The summed E-state index contributed by atoms with van der Waals surface area (Å²) in [6, 6.07) is 7.71. The lowest BCUT2D eigenvalue weighted by molar-refractivity contribution is -0.115. The SMILES string of the molecule is CCC(CC)(CO)CNCC(=O)Nc1ccccc1C. The van der Waals surface area contributed by atoms with Gasteiger partial charge >= 0.3 is 0 Å². The first-order valence-electron chi connectivity index (χ1n) is 7.24. The van der Waals surface area contributed by atoms with Crippen LogP contribution in [-0.4, -0.2) is 30.7 Å². The zero-order valence-corrected chi connectivity index (χ0v) is 12.7. The fourth-order valence-electron chi connectivity index (χ4n) is 2.13. The first-order valence-corrected chi connectivity index (χ1v) is 7.24. The van der Waals surface area contributed by atoms with E-state index in [4.69, 9.17) is 0 Å². The maximum atomic E-state index is 11.9. The highest BCUT2D eigenvalue weighted by Crippen LogP contribution is 2.24. The van der Waals surface area contributed by atoms with Gasteiger partial charge in [-0.15, -0.1) is 0 Å². The molecule has 1 aromatic rings. The summed E-state index contributed by atoms with van der Waals surface area (Å²) in [6.45, 7) is 7.15. The Hall–Kier alpha value is -1.39. The van der Waals surface area contributed by atoms with Crippen molar-refractivity contribution < 1.29 is 9.90 Å². The van der Waals surface area contributed by atoms with E-state index < -0.39 is 0 Å². The number of hydrogen-bond donors (Lipinski definition) is 3. The van der Waals surface area contributed by atoms with Gasteiger partial charge in [-0.2, -0.15) is 0 Å². The predicted octanol–water partition coefficient (Wildman–Crippen LogP) is 2.32. The second-order valence-electron chi connectivity index (χ2n) is 5.33. The number of carbonyl (C=O) groups is 1. The molecule has 1 amide bonds. The third kappa shape index (κ3) is 4.62. The van der Waals surface area contributed by atoms with Crippen molar-refractivity contribution in [3.05, 3.63) is 29.8 Å². The topological polar surface area (TPSA) is 61.4 Å². The average Bonchev–Trinajstić information content (AvgIpc) is 2.47. The van der Waals surface area contributed by atoms with Gasteiger partial charge in [0.1, 0.15) is 0 Å². The summed E-state index contributed by atoms with van der Waals surface area (Å²) in [5.74, 6) is -0.0571. The Morgan fingerprint density at radius 3 is 2.45 bits per heavy atom. The van der Waals surface area contributed by atoms with Gasteiger partial charge in [-0.3, -0.25) is 4.79 Å². The molecule has 4 nitrogen and oxygen atoms in total. The Kier molecular flexibility index (Phi) is 6.68. The fraction of sp³-hybridized carbons (Fsp3) is 0.562. The average molecular weight is 278 g/mol. The Labute approximate surface area is 121 Å². The predicted molar refractivity (Wildman–Crippen MR) is 82.8 cm³/mol. The van der Waals surface area contributed by atoms with Crippen LogP contribution in [0.25, 0.3) is 0 Å². The van der Waals surface area contributed by atoms with Gasteiger partial charge in [0, 0.05) is 24.3 Å². The molecule has 0 fully saturated rings. The lowest BCUT2D eigenvalue weighted by atomic mass is 9.83. The summed E-state index contributed by atoms with van der Waals surface area (Å²) in [4.78, 5) is 11.9. The fourth-order valence-corrected chi connectivity index (χ4v) is 2.13. The van der Waals surface area contributed by atoms with Crippen molar-refractivity contribution in [2.75, 3.05) is 25.0 Å². The molecular weight excluding hydrogens is 252 g/mol. The lowest BCUT2D eigenvalue weighted by Gasteiger charge is -2.29. The van der Waals surface area contributed by atoms with E-state index in [2.05, 4.69) is 24.5 Å². The molecule has 0 radical (unpaired) electrons. The molecule has 0 heterocycles. The van der Waals surface area contributed by atoms with Gasteiger partial charge in [-0.05, 0) is 31.4 Å². The van der Waals surface area contributed by atoms with Crippen molar-refractivity contribution in [3.63, 3.8) is 0 Å². The van der Waals surface area contributed by atoms with E-state index in [1.54, 1.807) is 0 Å². The number of aliphatic hydroxyl groups is 1. The minimum Gasteiger partial charge on any atom is -0.396 e. The number of aliphatic hydroxyl groups excluding tert-OH is 1. The van der Waals surface area contributed by atoms with Crippen molar-refractivity contribution in [2.45, 2.75) is 33.6 Å². The summed E-state index contributed by atoms with van der Waals surface area (Å²) in [5.41, 5.74) is 1.77. The number of anilines is 1. The maximum Gasteiger partial charge on any atom is 0.238 e. The van der Waals surface area contributed by atoms with E-state index in [-0.39, 0.29) is 24.5 Å².